The van der Waals surface area contributed by atoms with Crippen LogP contribution in [-0.2, 0) is 0 Å². The molecule has 0 aliphatic carbocycles. The first-order valence-corrected chi connectivity index (χ1v) is 4.45. The quantitative estimate of drug-likeness (QED) is 0.820. The average molecular weight is 221 g/mol. The Labute approximate surface area is 90.0 Å². The van der Waals surface area contributed by atoms with Crippen molar-refractivity contribution in [2.45, 2.75) is 0 Å². The first-order chi connectivity index (χ1) is 7.70. The van der Waals surface area contributed by atoms with Crippen molar-refractivity contribution < 1.29 is 9.13 Å². The number of hydrogen-bond donors (Lipinski definition) is 1. The molecule has 0 radical (unpaired) electrons. The number of nitrogens with one attached hydrogen (secondary N) is 1. The van der Waals surface area contributed by atoms with Gasteiger partial charge < -0.3 is 9.72 Å². The Balaban J connectivity index is 2.49. The fraction of sp³-hybridized carbons (Fsp3) is 0.100. The zero-order valence-corrected chi connectivity index (χ0v) is 8.40. The zero-order valence-electron chi connectivity index (χ0n) is 8.40. The van der Waals surface area contributed by atoms with E-state index in [0.29, 0.717) is 5.56 Å². The zero-order chi connectivity index (χ0) is 11.5. The highest BCUT2D eigenvalue weighted by Gasteiger charge is 2.05. The Morgan fingerprint density at radius 1 is 1.38 bits per heavy atom. The van der Waals surface area contributed by atoms with Crippen LogP contribution in [0.4, 0.5) is 4.39 Å². The SMILES string of the molecule is COc1cnc(-c2cncc(F)c2)[nH]c1=O. The largest absolute Gasteiger partial charge is 0.490 e. The summed E-state index contributed by atoms with van der Waals surface area (Å²) in [5.41, 5.74) is -0.0171. The second-order valence-corrected chi connectivity index (χ2v) is 3.02. The number of ether oxygens (including phenoxy) is 1. The molecule has 0 fully saturated rings. The first-order valence-electron chi connectivity index (χ1n) is 4.45. The fourth-order valence-corrected chi connectivity index (χ4v) is 1.22. The van der Waals surface area contributed by atoms with E-state index in [0.717, 1.165) is 6.20 Å². The van der Waals surface area contributed by atoms with Crippen molar-refractivity contribution in [1.82, 2.24) is 15.0 Å². The van der Waals surface area contributed by atoms with Gasteiger partial charge in [-0.2, -0.15) is 0 Å². The van der Waals surface area contributed by atoms with Gasteiger partial charge >= 0.3 is 0 Å². The molecule has 0 bridgehead atoms. The van der Waals surface area contributed by atoms with E-state index in [9.17, 15) is 9.18 Å². The predicted molar refractivity (Wildman–Crippen MR) is 54.6 cm³/mol. The highest BCUT2D eigenvalue weighted by molar-refractivity contribution is 5.52. The number of H-pyrrole nitrogens is 1. The van der Waals surface area contributed by atoms with E-state index in [4.69, 9.17) is 4.74 Å². The summed E-state index contributed by atoms with van der Waals surface area (Å²) in [6.45, 7) is 0. The number of pyridine rings is 1. The number of aromatic amines is 1. The number of hydrogen-bond acceptors (Lipinski definition) is 4. The van der Waals surface area contributed by atoms with Crippen LogP contribution in [0.1, 0.15) is 0 Å². The van der Waals surface area contributed by atoms with Gasteiger partial charge in [-0.25, -0.2) is 9.37 Å². The van der Waals surface area contributed by atoms with Gasteiger partial charge in [-0.1, -0.05) is 0 Å². The van der Waals surface area contributed by atoms with Crippen molar-refractivity contribution in [3.8, 4) is 17.1 Å². The molecule has 0 atom stereocenters. The van der Waals surface area contributed by atoms with Gasteiger partial charge in [0, 0.05) is 11.8 Å². The molecular formula is C10H8FN3O2. The third-order valence-electron chi connectivity index (χ3n) is 1.96. The van der Waals surface area contributed by atoms with Gasteiger partial charge in [0.1, 0.15) is 11.6 Å². The number of aromatic nitrogens is 3. The Kier molecular flexibility index (Phi) is 2.63. The van der Waals surface area contributed by atoms with Crippen LogP contribution in [0.3, 0.4) is 0 Å². The van der Waals surface area contributed by atoms with E-state index < -0.39 is 11.4 Å². The van der Waals surface area contributed by atoms with Crippen molar-refractivity contribution in [3.05, 3.63) is 40.8 Å². The van der Waals surface area contributed by atoms with Crippen LogP contribution >= 0.6 is 0 Å². The Hall–Kier alpha value is -2.24. The van der Waals surface area contributed by atoms with E-state index in [1.807, 2.05) is 0 Å². The molecule has 6 heteroatoms. The Morgan fingerprint density at radius 2 is 2.19 bits per heavy atom. The summed E-state index contributed by atoms with van der Waals surface area (Å²) < 4.78 is 17.7. The third kappa shape index (κ3) is 1.90. The molecule has 1 N–H and O–H groups in total. The van der Waals surface area contributed by atoms with Crippen LogP contribution in [0.15, 0.2) is 29.5 Å². The molecular weight excluding hydrogens is 213 g/mol. The fourth-order valence-electron chi connectivity index (χ4n) is 1.22. The van der Waals surface area contributed by atoms with Gasteiger partial charge in [-0.15, -0.1) is 0 Å². The lowest BCUT2D eigenvalue weighted by atomic mass is 10.2. The van der Waals surface area contributed by atoms with Gasteiger partial charge in [-0.3, -0.25) is 9.78 Å². The minimum Gasteiger partial charge on any atom is -0.490 e. The van der Waals surface area contributed by atoms with Crippen LogP contribution in [0.2, 0.25) is 0 Å². The van der Waals surface area contributed by atoms with Crippen LogP contribution in [0, 0.1) is 5.82 Å². The second-order valence-electron chi connectivity index (χ2n) is 3.02. The predicted octanol–water partition coefficient (Wildman–Crippen LogP) is 0.980. The molecule has 0 aliphatic rings. The maximum absolute atomic E-state index is 12.9. The maximum atomic E-state index is 12.9. The summed E-state index contributed by atoms with van der Waals surface area (Å²) in [4.78, 5) is 21.5. The third-order valence-corrected chi connectivity index (χ3v) is 1.96. The summed E-state index contributed by atoms with van der Waals surface area (Å²) >= 11 is 0. The molecule has 2 rings (SSSR count). The molecule has 5 nitrogen and oxygen atoms in total. The number of methoxy groups -OCH3 is 1. The summed E-state index contributed by atoms with van der Waals surface area (Å²) in [6.07, 6.45) is 3.76. The monoisotopic (exact) mass is 221 g/mol. The summed E-state index contributed by atoms with van der Waals surface area (Å²) in [5, 5.41) is 0. The van der Waals surface area contributed by atoms with Crippen LogP contribution in [0.25, 0.3) is 11.4 Å². The van der Waals surface area contributed by atoms with Gasteiger partial charge in [0.2, 0.25) is 5.75 Å². The van der Waals surface area contributed by atoms with E-state index in [1.165, 1.54) is 25.6 Å². The molecule has 0 saturated carbocycles. The van der Waals surface area contributed by atoms with Crippen LogP contribution in [-0.4, -0.2) is 22.1 Å². The minimum absolute atomic E-state index is 0.105. The number of nitrogens with zero attached hydrogens (tertiary/aromatic N) is 2. The van der Waals surface area contributed by atoms with Crippen LogP contribution < -0.4 is 10.3 Å². The number of halogens is 1. The van der Waals surface area contributed by atoms with E-state index in [-0.39, 0.29) is 11.6 Å². The summed E-state index contributed by atoms with van der Waals surface area (Å²) in [5.74, 6) is -0.137. The molecule has 0 unspecified atom stereocenters. The number of rotatable bonds is 2. The van der Waals surface area contributed by atoms with Gasteiger partial charge in [0.05, 0.1) is 19.5 Å². The average Bonchev–Trinajstić information content (AvgIpc) is 2.29. The lowest BCUT2D eigenvalue weighted by Crippen LogP contribution is -2.11. The van der Waals surface area contributed by atoms with Gasteiger partial charge in [0.15, 0.2) is 0 Å². The molecule has 0 saturated heterocycles. The Bertz CT molecular complexity index is 568. The molecule has 0 aromatic carbocycles. The standard InChI is InChI=1S/C10H8FN3O2/c1-16-8-5-13-9(14-10(8)15)6-2-7(11)4-12-3-6/h2-5H,1H3,(H,13,14,15). The summed E-state index contributed by atoms with van der Waals surface area (Å²) in [6, 6.07) is 1.23. The molecule has 0 spiro atoms. The van der Waals surface area contributed by atoms with E-state index in [2.05, 4.69) is 15.0 Å². The molecule has 2 aromatic rings. The smallest absolute Gasteiger partial charge is 0.293 e. The minimum atomic E-state index is -0.490. The summed E-state index contributed by atoms with van der Waals surface area (Å²) in [7, 11) is 1.37. The lowest BCUT2D eigenvalue weighted by Gasteiger charge is -2.01. The molecule has 0 aliphatic heterocycles. The van der Waals surface area contributed by atoms with Crippen molar-refractivity contribution >= 4 is 0 Å². The highest BCUT2D eigenvalue weighted by Crippen LogP contribution is 2.13. The molecule has 82 valence electrons. The van der Waals surface area contributed by atoms with Crippen LogP contribution in [0.5, 0.6) is 5.75 Å². The normalized spacial score (nSPS) is 10.1. The van der Waals surface area contributed by atoms with Crippen molar-refractivity contribution in [1.29, 1.82) is 0 Å². The van der Waals surface area contributed by atoms with E-state index in [1.54, 1.807) is 0 Å². The van der Waals surface area contributed by atoms with Crippen molar-refractivity contribution in [2.75, 3.05) is 7.11 Å². The molecule has 2 heterocycles. The van der Waals surface area contributed by atoms with Crippen molar-refractivity contribution in [3.63, 3.8) is 0 Å². The molecule has 16 heavy (non-hydrogen) atoms. The molecule has 0 amide bonds. The van der Waals surface area contributed by atoms with Gasteiger partial charge in [0.25, 0.3) is 5.56 Å². The van der Waals surface area contributed by atoms with Crippen molar-refractivity contribution in [2.24, 2.45) is 0 Å². The molecule has 2 aromatic heterocycles. The highest BCUT2D eigenvalue weighted by atomic mass is 19.1. The Morgan fingerprint density at radius 3 is 2.81 bits per heavy atom. The first kappa shape index (κ1) is 10.3. The maximum Gasteiger partial charge on any atom is 0.293 e. The lowest BCUT2D eigenvalue weighted by molar-refractivity contribution is 0.406. The van der Waals surface area contributed by atoms with Gasteiger partial charge in [-0.05, 0) is 6.07 Å². The topological polar surface area (TPSA) is 67.9 Å². The second kappa shape index (κ2) is 4.09. The van der Waals surface area contributed by atoms with E-state index >= 15 is 0 Å².